The lowest BCUT2D eigenvalue weighted by atomic mass is 9.71. The predicted octanol–water partition coefficient (Wildman–Crippen LogP) is 7.23. The lowest BCUT2D eigenvalue weighted by Crippen LogP contribution is -2.25. The number of hydrogen-bond acceptors (Lipinski definition) is 0. The van der Waals surface area contributed by atoms with Crippen LogP contribution in [-0.4, -0.2) is 4.57 Å². The zero-order valence-corrected chi connectivity index (χ0v) is 16.5. The molecule has 0 amide bonds. The van der Waals surface area contributed by atoms with E-state index < -0.39 is 0 Å². The number of benzene rings is 1. The summed E-state index contributed by atoms with van der Waals surface area (Å²) in [6.45, 7) is 4.61. The second kappa shape index (κ2) is 8.25. The molecule has 0 aliphatic heterocycles. The van der Waals surface area contributed by atoms with Crippen molar-refractivity contribution in [3.63, 3.8) is 0 Å². The van der Waals surface area contributed by atoms with Gasteiger partial charge in [0.1, 0.15) is 0 Å². The SMILES string of the molecule is CCCCCCC1(CCCCCC)c2ccccc2-c2c1ccn2C. The van der Waals surface area contributed by atoms with Gasteiger partial charge in [-0.25, -0.2) is 0 Å². The number of nitrogens with zero attached hydrogens (tertiary/aromatic N) is 1. The number of rotatable bonds is 10. The van der Waals surface area contributed by atoms with Gasteiger partial charge in [0.05, 0.1) is 5.69 Å². The summed E-state index contributed by atoms with van der Waals surface area (Å²) in [5.41, 5.74) is 6.42. The molecule has 3 rings (SSSR count). The molecule has 1 heterocycles. The Hall–Kier alpha value is -1.50. The standard InChI is InChI=1S/C24H35N/c1-4-6-8-12-17-24(18-13-9-7-5-2)21-15-11-10-14-20(21)23-22(24)16-19-25(23)3/h10-11,14-16,19H,4-9,12-13,17-18H2,1-3H3. The molecule has 0 radical (unpaired) electrons. The monoisotopic (exact) mass is 337 g/mol. The normalized spacial score (nSPS) is 14.5. The van der Waals surface area contributed by atoms with E-state index in [9.17, 15) is 0 Å². The maximum atomic E-state index is 2.41. The van der Waals surface area contributed by atoms with Crippen molar-refractivity contribution in [3.05, 3.63) is 47.7 Å². The molecule has 0 N–H and O–H groups in total. The third-order valence-electron chi connectivity index (χ3n) is 6.20. The van der Waals surface area contributed by atoms with Gasteiger partial charge in [0.15, 0.2) is 0 Å². The Morgan fingerprint density at radius 1 is 0.760 bits per heavy atom. The zero-order chi connectivity index (χ0) is 17.7. The van der Waals surface area contributed by atoms with Gasteiger partial charge >= 0.3 is 0 Å². The second-order valence-electron chi connectivity index (χ2n) is 7.94. The molecule has 0 atom stereocenters. The van der Waals surface area contributed by atoms with Crippen LogP contribution < -0.4 is 0 Å². The lowest BCUT2D eigenvalue weighted by molar-refractivity contribution is 0.401. The van der Waals surface area contributed by atoms with E-state index >= 15 is 0 Å². The first kappa shape index (κ1) is 18.3. The van der Waals surface area contributed by atoms with E-state index in [4.69, 9.17) is 0 Å². The minimum absolute atomic E-state index is 0.259. The molecule has 1 heteroatoms. The van der Waals surface area contributed by atoms with Crippen LogP contribution in [0.3, 0.4) is 0 Å². The molecule has 1 nitrogen and oxygen atoms in total. The van der Waals surface area contributed by atoms with Crippen LogP contribution >= 0.6 is 0 Å². The first-order valence-electron chi connectivity index (χ1n) is 10.5. The summed E-state index contributed by atoms with van der Waals surface area (Å²) >= 11 is 0. The minimum atomic E-state index is 0.259. The van der Waals surface area contributed by atoms with Crippen LogP contribution in [0.1, 0.15) is 89.2 Å². The van der Waals surface area contributed by atoms with Gasteiger partial charge in [-0.2, -0.15) is 0 Å². The fourth-order valence-corrected chi connectivity index (χ4v) is 4.87. The van der Waals surface area contributed by atoms with Gasteiger partial charge in [0.2, 0.25) is 0 Å². The third-order valence-corrected chi connectivity index (χ3v) is 6.20. The van der Waals surface area contributed by atoms with E-state index in [2.05, 4.69) is 62.0 Å². The van der Waals surface area contributed by atoms with E-state index in [-0.39, 0.29) is 5.41 Å². The van der Waals surface area contributed by atoms with Crippen LogP contribution in [0.25, 0.3) is 11.3 Å². The van der Waals surface area contributed by atoms with Gasteiger partial charge in [0.25, 0.3) is 0 Å². The average Bonchev–Trinajstić information content (AvgIpc) is 3.14. The van der Waals surface area contributed by atoms with Crippen LogP contribution in [0, 0.1) is 0 Å². The van der Waals surface area contributed by atoms with Crippen molar-refractivity contribution in [2.24, 2.45) is 7.05 Å². The van der Waals surface area contributed by atoms with Crippen LogP contribution in [0.2, 0.25) is 0 Å². The largest absolute Gasteiger partial charge is 0.350 e. The number of hydrogen-bond donors (Lipinski definition) is 0. The Labute approximate surface area is 154 Å². The fourth-order valence-electron chi connectivity index (χ4n) is 4.87. The van der Waals surface area contributed by atoms with Gasteiger partial charge in [-0.3, -0.25) is 0 Å². The molecule has 1 aliphatic carbocycles. The Bertz CT molecular complexity index is 667. The molecule has 0 bridgehead atoms. The molecule has 0 unspecified atom stereocenters. The molecular weight excluding hydrogens is 302 g/mol. The number of fused-ring (bicyclic) bond motifs is 3. The van der Waals surface area contributed by atoms with Crippen LogP contribution in [0.15, 0.2) is 36.5 Å². The van der Waals surface area contributed by atoms with Gasteiger partial charge in [-0.15, -0.1) is 0 Å². The Balaban J connectivity index is 1.94. The van der Waals surface area contributed by atoms with Crippen molar-refractivity contribution in [2.45, 2.75) is 83.5 Å². The quantitative estimate of drug-likeness (QED) is 0.403. The summed E-state index contributed by atoms with van der Waals surface area (Å²) in [4.78, 5) is 0. The van der Waals surface area contributed by atoms with Crippen LogP contribution in [-0.2, 0) is 12.5 Å². The van der Waals surface area contributed by atoms with Crippen LogP contribution in [0.5, 0.6) is 0 Å². The third kappa shape index (κ3) is 3.43. The Kier molecular flexibility index (Phi) is 6.04. The van der Waals surface area contributed by atoms with Gasteiger partial charge < -0.3 is 4.57 Å². The van der Waals surface area contributed by atoms with E-state index in [0.717, 1.165) is 0 Å². The number of aryl methyl sites for hydroxylation is 1. The maximum absolute atomic E-state index is 2.41. The van der Waals surface area contributed by atoms with Crippen molar-refractivity contribution in [1.82, 2.24) is 4.57 Å². The summed E-state index contributed by atoms with van der Waals surface area (Å²) < 4.78 is 2.34. The van der Waals surface area contributed by atoms with E-state index in [1.807, 2.05) is 0 Å². The average molecular weight is 338 g/mol. The Morgan fingerprint density at radius 3 is 2.04 bits per heavy atom. The maximum Gasteiger partial charge on any atom is 0.0522 e. The number of aromatic nitrogens is 1. The van der Waals surface area contributed by atoms with E-state index in [1.54, 1.807) is 11.1 Å². The van der Waals surface area contributed by atoms with Gasteiger partial charge in [-0.05, 0) is 30.0 Å². The van der Waals surface area contributed by atoms with Crippen molar-refractivity contribution < 1.29 is 0 Å². The summed E-state index contributed by atoms with van der Waals surface area (Å²) in [7, 11) is 2.21. The molecule has 1 aromatic heterocycles. The molecule has 2 aromatic rings. The fraction of sp³-hybridized carbons (Fsp3) is 0.583. The summed E-state index contributed by atoms with van der Waals surface area (Å²) in [5.74, 6) is 0. The lowest BCUT2D eigenvalue weighted by Gasteiger charge is -2.32. The van der Waals surface area contributed by atoms with Gasteiger partial charge in [0, 0.05) is 24.2 Å². The van der Waals surface area contributed by atoms with Crippen LogP contribution in [0.4, 0.5) is 0 Å². The smallest absolute Gasteiger partial charge is 0.0522 e. The van der Waals surface area contributed by atoms with E-state index in [0.29, 0.717) is 0 Å². The molecule has 136 valence electrons. The summed E-state index contributed by atoms with van der Waals surface area (Å²) in [5, 5.41) is 0. The predicted molar refractivity (Wildman–Crippen MR) is 109 cm³/mol. The summed E-state index contributed by atoms with van der Waals surface area (Å²) in [6, 6.07) is 11.6. The van der Waals surface area contributed by atoms with Crippen molar-refractivity contribution >= 4 is 0 Å². The highest BCUT2D eigenvalue weighted by Crippen LogP contribution is 2.54. The topological polar surface area (TPSA) is 4.93 Å². The zero-order valence-electron chi connectivity index (χ0n) is 16.5. The molecular formula is C24H35N. The minimum Gasteiger partial charge on any atom is -0.350 e. The molecule has 0 saturated carbocycles. The molecule has 0 spiro atoms. The van der Waals surface area contributed by atoms with Gasteiger partial charge in [-0.1, -0.05) is 89.5 Å². The van der Waals surface area contributed by atoms with E-state index in [1.165, 1.54) is 75.5 Å². The number of unbranched alkanes of at least 4 members (excludes halogenated alkanes) is 6. The highest BCUT2D eigenvalue weighted by molar-refractivity contribution is 5.79. The first-order valence-corrected chi connectivity index (χ1v) is 10.5. The summed E-state index contributed by atoms with van der Waals surface area (Å²) in [6.07, 6.45) is 15.7. The van der Waals surface area contributed by atoms with Crippen molar-refractivity contribution in [3.8, 4) is 11.3 Å². The first-order chi connectivity index (χ1) is 12.2. The molecule has 25 heavy (non-hydrogen) atoms. The van der Waals surface area contributed by atoms with Crippen molar-refractivity contribution in [1.29, 1.82) is 0 Å². The molecule has 1 aromatic carbocycles. The highest BCUT2D eigenvalue weighted by Gasteiger charge is 2.43. The molecule has 0 fully saturated rings. The highest BCUT2D eigenvalue weighted by atomic mass is 14.9. The molecule has 1 aliphatic rings. The molecule has 0 saturated heterocycles. The Morgan fingerprint density at radius 2 is 1.40 bits per heavy atom. The second-order valence-corrected chi connectivity index (χ2v) is 7.94. The van der Waals surface area contributed by atoms with Crippen molar-refractivity contribution in [2.75, 3.05) is 0 Å².